The normalized spacial score (nSPS) is 12.3. The molecule has 0 aliphatic carbocycles. The van der Waals surface area contributed by atoms with Crippen LogP contribution in [-0.4, -0.2) is 10.9 Å². The molecule has 2 rings (SSSR count). The minimum atomic E-state index is 0.0227. The van der Waals surface area contributed by atoms with Crippen molar-refractivity contribution in [3.05, 3.63) is 51.7 Å². The van der Waals surface area contributed by atoms with Gasteiger partial charge in [-0.3, -0.25) is 4.79 Å². The summed E-state index contributed by atoms with van der Waals surface area (Å²) in [6, 6.07) is 8.80. The predicted molar refractivity (Wildman–Crippen MR) is 74.6 cm³/mol. The Hall–Kier alpha value is -1.61. The summed E-state index contributed by atoms with van der Waals surface area (Å²) in [6.07, 6.45) is 0.935. The van der Waals surface area contributed by atoms with Gasteiger partial charge in [0.1, 0.15) is 5.75 Å². The minimum absolute atomic E-state index is 0.0227. The largest absolute Gasteiger partial charge is 0.508 e. The summed E-state index contributed by atoms with van der Waals surface area (Å²) >= 11 is 1.44. The number of thiophene rings is 1. The monoisotopic (exact) mass is 260 g/mol. The van der Waals surface area contributed by atoms with Crippen LogP contribution in [0.1, 0.15) is 47.0 Å². The predicted octanol–water partition coefficient (Wildman–Crippen LogP) is 4.20. The molecule has 0 saturated heterocycles. The molecule has 94 valence electrons. The molecule has 1 atom stereocenters. The number of benzene rings is 1. The van der Waals surface area contributed by atoms with Crippen molar-refractivity contribution in [1.82, 2.24) is 0 Å². The summed E-state index contributed by atoms with van der Waals surface area (Å²) < 4.78 is 0. The molecule has 0 radical (unpaired) electrons. The van der Waals surface area contributed by atoms with Crippen LogP contribution >= 0.6 is 11.3 Å². The summed E-state index contributed by atoms with van der Waals surface area (Å²) in [6.45, 7) is 4.12. The Morgan fingerprint density at radius 3 is 2.78 bits per heavy atom. The van der Waals surface area contributed by atoms with E-state index in [1.54, 1.807) is 12.1 Å². The standard InChI is InChI=1S/C15H16O2S/c1-3-10(2)12-9-11(6-7-13(12)16)15(17)14-5-4-8-18-14/h4-10,16H,3H2,1-2H3. The molecular formula is C15H16O2S. The first-order valence-electron chi connectivity index (χ1n) is 6.04. The van der Waals surface area contributed by atoms with Gasteiger partial charge in [0.15, 0.2) is 0 Å². The lowest BCUT2D eigenvalue weighted by Crippen LogP contribution is -2.01. The van der Waals surface area contributed by atoms with Gasteiger partial charge < -0.3 is 5.11 Å². The molecule has 0 saturated carbocycles. The molecule has 1 N–H and O–H groups in total. The van der Waals surface area contributed by atoms with Gasteiger partial charge in [0.05, 0.1) is 4.88 Å². The zero-order valence-electron chi connectivity index (χ0n) is 10.5. The number of carbonyl (C=O) groups is 1. The van der Waals surface area contributed by atoms with Crippen molar-refractivity contribution < 1.29 is 9.90 Å². The molecule has 3 heteroatoms. The molecule has 0 aliphatic rings. The highest BCUT2D eigenvalue weighted by Crippen LogP contribution is 2.29. The molecule has 0 amide bonds. The van der Waals surface area contributed by atoms with E-state index in [2.05, 4.69) is 13.8 Å². The van der Waals surface area contributed by atoms with E-state index in [1.165, 1.54) is 11.3 Å². The molecule has 1 unspecified atom stereocenters. The van der Waals surface area contributed by atoms with Crippen LogP contribution < -0.4 is 0 Å². The minimum Gasteiger partial charge on any atom is -0.508 e. The van der Waals surface area contributed by atoms with Crippen molar-refractivity contribution in [3.63, 3.8) is 0 Å². The highest BCUT2D eigenvalue weighted by molar-refractivity contribution is 7.12. The van der Waals surface area contributed by atoms with Crippen molar-refractivity contribution in [2.45, 2.75) is 26.2 Å². The van der Waals surface area contributed by atoms with Crippen molar-refractivity contribution in [1.29, 1.82) is 0 Å². The number of aromatic hydroxyl groups is 1. The molecular weight excluding hydrogens is 244 g/mol. The van der Waals surface area contributed by atoms with Crippen LogP contribution in [0.4, 0.5) is 0 Å². The Kier molecular flexibility index (Phi) is 3.82. The fourth-order valence-electron chi connectivity index (χ4n) is 1.86. The average Bonchev–Trinajstić information content (AvgIpc) is 2.91. The maximum absolute atomic E-state index is 12.2. The molecule has 1 aromatic heterocycles. The first kappa shape index (κ1) is 12.8. The molecule has 0 spiro atoms. The van der Waals surface area contributed by atoms with Gasteiger partial charge in [-0.2, -0.15) is 0 Å². The fourth-order valence-corrected chi connectivity index (χ4v) is 2.55. The van der Waals surface area contributed by atoms with Crippen molar-refractivity contribution >= 4 is 17.1 Å². The van der Waals surface area contributed by atoms with E-state index >= 15 is 0 Å². The van der Waals surface area contributed by atoms with E-state index < -0.39 is 0 Å². The zero-order chi connectivity index (χ0) is 13.1. The van der Waals surface area contributed by atoms with Crippen molar-refractivity contribution in [3.8, 4) is 5.75 Å². The summed E-state index contributed by atoms with van der Waals surface area (Å²) in [4.78, 5) is 12.9. The summed E-state index contributed by atoms with van der Waals surface area (Å²) in [5, 5.41) is 11.7. The second kappa shape index (κ2) is 5.36. The van der Waals surface area contributed by atoms with Crippen LogP contribution in [0.5, 0.6) is 5.75 Å². The molecule has 1 heterocycles. The van der Waals surface area contributed by atoms with Crippen LogP contribution in [0.15, 0.2) is 35.7 Å². The van der Waals surface area contributed by atoms with Crippen LogP contribution in [0.3, 0.4) is 0 Å². The number of phenols is 1. The summed E-state index contributed by atoms with van der Waals surface area (Å²) in [5.74, 6) is 0.544. The molecule has 2 aromatic rings. The maximum atomic E-state index is 12.2. The first-order valence-corrected chi connectivity index (χ1v) is 6.92. The van der Waals surface area contributed by atoms with Gasteiger partial charge in [-0.1, -0.05) is 19.9 Å². The lowest BCUT2D eigenvalue weighted by Gasteiger charge is -2.12. The summed E-state index contributed by atoms with van der Waals surface area (Å²) in [7, 11) is 0. The Bertz CT molecular complexity index is 544. The van der Waals surface area contributed by atoms with Crippen LogP contribution in [-0.2, 0) is 0 Å². The SMILES string of the molecule is CCC(C)c1cc(C(=O)c2cccs2)ccc1O. The number of carbonyl (C=O) groups excluding carboxylic acids is 1. The van der Waals surface area contributed by atoms with E-state index in [1.807, 2.05) is 23.6 Å². The fraction of sp³-hybridized carbons (Fsp3) is 0.267. The van der Waals surface area contributed by atoms with Gasteiger partial charge in [-0.05, 0) is 47.5 Å². The number of phenolic OH excluding ortho intramolecular Hbond substituents is 1. The van der Waals surface area contributed by atoms with Gasteiger partial charge in [0.25, 0.3) is 0 Å². The Balaban J connectivity index is 2.38. The lowest BCUT2D eigenvalue weighted by atomic mass is 9.94. The van der Waals surface area contributed by atoms with Gasteiger partial charge in [-0.25, -0.2) is 0 Å². The molecule has 18 heavy (non-hydrogen) atoms. The number of rotatable bonds is 4. The van der Waals surface area contributed by atoms with Gasteiger partial charge in [0, 0.05) is 5.56 Å². The molecule has 0 bridgehead atoms. The third-order valence-electron chi connectivity index (χ3n) is 3.18. The van der Waals surface area contributed by atoms with Crippen LogP contribution in [0, 0.1) is 0 Å². The Morgan fingerprint density at radius 2 is 2.17 bits per heavy atom. The number of hydrogen-bond donors (Lipinski definition) is 1. The zero-order valence-corrected chi connectivity index (χ0v) is 11.3. The topological polar surface area (TPSA) is 37.3 Å². The molecule has 0 fully saturated rings. The molecule has 1 aromatic carbocycles. The van der Waals surface area contributed by atoms with E-state index in [4.69, 9.17) is 0 Å². The van der Waals surface area contributed by atoms with E-state index in [0.717, 1.165) is 16.9 Å². The van der Waals surface area contributed by atoms with Crippen LogP contribution in [0.25, 0.3) is 0 Å². The lowest BCUT2D eigenvalue weighted by molar-refractivity contribution is 0.104. The third-order valence-corrected chi connectivity index (χ3v) is 4.05. The van der Waals surface area contributed by atoms with Gasteiger partial charge in [-0.15, -0.1) is 11.3 Å². The Morgan fingerprint density at radius 1 is 1.39 bits per heavy atom. The van der Waals surface area contributed by atoms with Crippen molar-refractivity contribution in [2.75, 3.05) is 0 Å². The number of ketones is 1. The Labute approximate surface area is 111 Å². The second-order valence-electron chi connectivity index (χ2n) is 4.39. The summed E-state index contributed by atoms with van der Waals surface area (Å²) in [5.41, 5.74) is 1.49. The first-order chi connectivity index (χ1) is 8.63. The highest BCUT2D eigenvalue weighted by Gasteiger charge is 2.14. The second-order valence-corrected chi connectivity index (χ2v) is 5.34. The quantitative estimate of drug-likeness (QED) is 0.837. The van der Waals surface area contributed by atoms with Crippen molar-refractivity contribution in [2.24, 2.45) is 0 Å². The van der Waals surface area contributed by atoms with E-state index in [9.17, 15) is 9.90 Å². The van der Waals surface area contributed by atoms with E-state index in [-0.39, 0.29) is 17.5 Å². The molecule has 2 nitrogen and oxygen atoms in total. The van der Waals surface area contributed by atoms with E-state index in [0.29, 0.717) is 5.56 Å². The smallest absolute Gasteiger partial charge is 0.202 e. The maximum Gasteiger partial charge on any atom is 0.202 e. The third kappa shape index (κ3) is 2.46. The highest BCUT2D eigenvalue weighted by atomic mass is 32.1. The van der Waals surface area contributed by atoms with Crippen LogP contribution in [0.2, 0.25) is 0 Å². The molecule has 0 aliphatic heterocycles. The van der Waals surface area contributed by atoms with Gasteiger partial charge >= 0.3 is 0 Å². The average molecular weight is 260 g/mol. The van der Waals surface area contributed by atoms with Gasteiger partial charge in [0.2, 0.25) is 5.78 Å². The number of hydrogen-bond acceptors (Lipinski definition) is 3.